The molecule has 11 aromatic carbocycles. The van der Waals surface area contributed by atoms with E-state index < -0.39 is 5.41 Å². The quantitative estimate of drug-likeness (QED) is 0.165. The van der Waals surface area contributed by atoms with Crippen LogP contribution in [0.15, 0.2) is 253 Å². The lowest BCUT2D eigenvalue weighted by Gasteiger charge is -2.33. The van der Waals surface area contributed by atoms with Crippen LogP contribution in [-0.2, 0) is 10.8 Å². The van der Waals surface area contributed by atoms with Crippen molar-refractivity contribution >= 4 is 39.0 Å². The van der Waals surface area contributed by atoms with Gasteiger partial charge in [0.25, 0.3) is 0 Å². The van der Waals surface area contributed by atoms with Crippen LogP contribution in [0.2, 0.25) is 0 Å². The first kappa shape index (κ1) is 40.9. The summed E-state index contributed by atoms with van der Waals surface area (Å²) in [7, 11) is 0. The lowest BCUT2D eigenvalue weighted by molar-refractivity contribution is 0.660. The molecule has 0 radical (unpaired) electrons. The highest BCUT2D eigenvalue weighted by molar-refractivity contribution is 6.12. The lowest BCUT2D eigenvalue weighted by Crippen LogP contribution is -2.26. The van der Waals surface area contributed by atoms with Gasteiger partial charge in [0.15, 0.2) is 0 Å². The van der Waals surface area contributed by atoms with Crippen molar-refractivity contribution in [2.45, 2.75) is 24.7 Å². The molecule has 0 bridgehead atoms. The van der Waals surface area contributed by atoms with Gasteiger partial charge in [-0.1, -0.05) is 226 Å². The molecule has 0 atom stereocenters. The number of fused-ring (bicyclic) bond motifs is 16. The molecule has 0 N–H and O–H groups in total. The average molecular weight is 918 g/mol. The SMILES string of the molecule is CC1(C)c2ccccc2-c2ccc(N(c3ccc(-c4ccc(-c5cccc6c5oc5ccccc56)c5c4C4(c6ccccc6-c6ccccc64)c4ccccc4-5)cc3)c3ccccc3-c3ccccc3)cc21. The van der Waals surface area contributed by atoms with Crippen LogP contribution in [0.1, 0.15) is 47.2 Å². The van der Waals surface area contributed by atoms with Crippen molar-refractivity contribution in [1.82, 2.24) is 0 Å². The van der Waals surface area contributed by atoms with Gasteiger partial charge in [-0.2, -0.15) is 0 Å². The largest absolute Gasteiger partial charge is 0.455 e. The van der Waals surface area contributed by atoms with Crippen molar-refractivity contribution in [1.29, 1.82) is 0 Å². The molecule has 0 saturated heterocycles. The van der Waals surface area contributed by atoms with Crippen LogP contribution in [0.3, 0.4) is 0 Å². The third-order valence-electron chi connectivity index (χ3n) is 16.3. The van der Waals surface area contributed by atoms with E-state index in [9.17, 15) is 0 Å². The van der Waals surface area contributed by atoms with Gasteiger partial charge in [0.05, 0.1) is 11.1 Å². The molecule has 0 unspecified atom stereocenters. The van der Waals surface area contributed by atoms with Gasteiger partial charge in [0.2, 0.25) is 0 Å². The van der Waals surface area contributed by atoms with Crippen molar-refractivity contribution in [3.8, 4) is 66.8 Å². The normalized spacial score (nSPS) is 13.9. The summed E-state index contributed by atoms with van der Waals surface area (Å²) in [6.45, 7) is 4.73. The number of para-hydroxylation sites is 3. The minimum absolute atomic E-state index is 0.149. The van der Waals surface area contributed by atoms with Gasteiger partial charge in [0.1, 0.15) is 11.2 Å². The Labute approximate surface area is 419 Å². The minimum Gasteiger partial charge on any atom is -0.455 e. The van der Waals surface area contributed by atoms with E-state index in [1.165, 1.54) is 94.6 Å². The second-order valence-corrected chi connectivity index (χ2v) is 20.2. The second kappa shape index (κ2) is 15.3. The first-order chi connectivity index (χ1) is 35.5. The fraction of sp³-hybridized carbons (Fsp3) is 0.0571. The molecule has 72 heavy (non-hydrogen) atoms. The number of furan rings is 1. The van der Waals surface area contributed by atoms with Gasteiger partial charge >= 0.3 is 0 Å². The van der Waals surface area contributed by atoms with Gasteiger partial charge in [0, 0.05) is 38.7 Å². The number of hydrogen-bond donors (Lipinski definition) is 0. The molecule has 3 aliphatic rings. The summed E-state index contributed by atoms with van der Waals surface area (Å²) in [5.74, 6) is 0. The maximum absolute atomic E-state index is 6.82. The standard InChI is InChI=1S/C70H47NO/c1-69(2)59-29-12-6-22-50(59)53-40-39-47(43-63(53)69)71(64-33-16-10-21-48(64)44-19-4-3-5-20-44)46-37-35-45(36-38-46)49-41-42-55(57-28-18-27-56-54-25-11-17-34-65(54)72-68(56)57)66-58-26-9-15-32-62(58)70(67(49)66)60-30-13-7-23-51(60)52-24-8-14-31-61(52)70/h3-43H,1-2H3. The fourth-order valence-corrected chi connectivity index (χ4v) is 13.2. The summed E-state index contributed by atoms with van der Waals surface area (Å²) in [5, 5.41) is 2.26. The van der Waals surface area contributed by atoms with Crippen LogP contribution in [0, 0.1) is 0 Å². The summed E-state index contributed by atoms with van der Waals surface area (Å²) in [6, 6.07) is 92.2. The number of rotatable bonds is 6. The smallest absolute Gasteiger partial charge is 0.143 e. The molecule has 3 aliphatic carbocycles. The molecular weight excluding hydrogens is 871 g/mol. The Bertz CT molecular complexity index is 4150. The molecule has 0 saturated carbocycles. The fourth-order valence-electron chi connectivity index (χ4n) is 13.2. The zero-order valence-electron chi connectivity index (χ0n) is 40.0. The molecule has 12 aromatic rings. The highest BCUT2D eigenvalue weighted by Gasteiger charge is 2.53. The molecule has 0 amide bonds. The average Bonchev–Trinajstić information content (AvgIpc) is 4.14. The lowest BCUT2D eigenvalue weighted by atomic mass is 9.68. The summed E-state index contributed by atoms with van der Waals surface area (Å²) < 4.78 is 6.82. The van der Waals surface area contributed by atoms with Crippen LogP contribution in [-0.4, -0.2) is 0 Å². The molecule has 15 rings (SSSR count). The molecule has 1 heterocycles. The van der Waals surface area contributed by atoms with E-state index in [0.29, 0.717) is 0 Å². The summed E-state index contributed by atoms with van der Waals surface area (Å²) >= 11 is 0. The number of nitrogens with zero attached hydrogens (tertiary/aromatic N) is 1. The topological polar surface area (TPSA) is 16.4 Å². The summed E-state index contributed by atoms with van der Waals surface area (Å²) in [4.78, 5) is 2.47. The van der Waals surface area contributed by atoms with E-state index in [0.717, 1.165) is 44.6 Å². The van der Waals surface area contributed by atoms with Gasteiger partial charge in [-0.3, -0.25) is 0 Å². The molecule has 2 heteroatoms. The Hall–Kier alpha value is -8.98. The van der Waals surface area contributed by atoms with E-state index in [1.54, 1.807) is 0 Å². The molecule has 1 aromatic heterocycles. The van der Waals surface area contributed by atoms with Gasteiger partial charge in [-0.15, -0.1) is 0 Å². The number of benzene rings is 11. The molecule has 1 spiro atoms. The Morgan fingerprint density at radius 3 is 1.57 bits per heavy atom. The maximum atomic E-state index is 6.82. The Kier molecular flexibility index (Phi) is 8.66. The molecular formula is C70H47NO. The van der Waals surface area contributed by atoms with E-state index >= 15 is 0 Å². The predicted octanol–water partition coefficient (Wildman–Crippen LogP) is 18.7. The summed E-state index contributed by atoms with van der Waals surface area (Å²) in [6.07, 6.45) is 0. The van der Waals surface area contributed by atoms with Crippen LogP contribution in [0.4, 0.5) is 17.1 Å². The monoisotopic (exact) mass is 917 g/mol. The van der Waals surface area contributed by atoms with Crippen LogP contribution in [0.25, 0.3) is 88.7 Å². The maximum Gasteiger partial charge on any atom is 0.143 e. The molecule has 0 aliphatic heterocycles. The first-order valence-electron chi connectivity index (χ1n) is 25.2. The van der Waals surface area contributed by atoms with Gasteiger partial charge in [-0.05, 0) is 125 Å². The predicted molar refractivity (Wildman–Crippen MR) is 299 cm³/mol. The zero-order valence-corrected chi connectivity index (χ0v) is 40.0. The van der Waals surface area contributed by atoms with Crippen molar-refractivity contribution in [2.24, 2.45) is 0 Å². The molecule has 2 nitrogen and oxygen atoms in total. The van der Waals surface area contributed by atoms with Crippen LogP contribution in [0.5, 0.6) is 0 Å². The third-order valence-corrected chi connectivity index (χ3v) is 16.3. The highest BCUT2D eigenvalue weighted by Crippen LogP contribution is 2.66. The van der Waals surface area contributed by atoms with Crippen molar-refractivity contribution in [2.75, 3.05) is 4.90 Å². The first-order valence-corrected chi connectivity index (χ1v) is 25.2. The number of hydrogen-bond acceptors (Lipinski definition) is 2. The van der Waals surface area contributed by atoms with Crippen molar-refractivity contribution < 1.29 is 4.42 Å². The third kappa shape index (κ3) is 5.55. The molecule has 0 fully saturated rings. The Balaban J connectivity index is 0.975. The second-order valence-electron chi connectivity index (χ2n) is 20.2. The van der Waals surface area contributed by atoms with Crippen molar-refractivity contribution in [3.05, 3.63) is 282 Å². The highest BCUT2D eigenvalue weighted by atomic mass is 16.3. The van der Waals surface area contributed by atoms with Gasteiger partial charge in [-0.25, -0.2) is 0 Å². The van der Waals surface area contributed by atoms with E-state index in [1.807, 2.05) is 0 Å². The van der Waals surface area contributed by atoms with Crippen LogP contribution >= 0.6 is 0 Å². The zero-order chi connectivity index (χ0) is 47.7. The minimum atomic E-state index is -0.569. The Morgan fingerprint density at radius 1 is 0.333 bits per heavy atom. The van der Waals surface area contributed by atoms with E-state index in [2.05, 4.69) is 267 Å². The van der Waals surface area contributed by atoms with E-state index in [4.69, 9.17) is 4.42 Å². The van der Waals surface area contributed by atoms with Gasteiger partial charge < -0.3 is 9.32 Å². The Morgan fingerprint density at radius 2 is 0.833 bits per heavy atom. The van der Waals surface area contributed by atoms with Crippen LogP contribution < -0.4 is 4.90 Å². The summed E-state index contributed by atoms with van der Waals surface area (Å²) in [5.41, 5.74) is 27.2. The van der Waals surface area contributed by atoms with E-state index in [-0.39, 0.29) is 5.41 Å². The molecule has 338 valence electrons. The van der Waals surface area contributed by atoms with Crippen molar-refractivity contribution in [3.63, 3.8) is 0 Å². The number of anilines is 3.